The lowest BCUT2D eigenvalue weighted by Crippen LogP contribution is -2.54. The third-order valence-electron chi connectivity index (χ3n) is 4.95. The number of nitrogens with zero attached hydrogens (tertiary/aromatic N) is 1. The molecule has 0 radical (unpaired) electrons. The zero-order chi connectivity index (χ0) is 20.5. The Kier molecular flexibility index (Phi) is 8.59. The van der Waals surface area contributed by atoms with Crippen LogP contribution >= 0.6 is 0 Å². The van der Waals surface area contributed by atoms with Gasteiger partial charge in [-0.25, -0.2) is 4.39 Å². The van der Waals surface area contributed by atoms with Gasteiger partial charge in [-0.2, -0.15) is 13.7 Å². The van der Waals surface area contributed by atoms with E-state index in [-0.39, 0.29) is 42.7 Å². The smallest absolute Gasteiger partial charge is 0.292 e. The second-order valence-corrected chi connectivity index (χ2v) is 6.86. The molecule has 9 heteroatoms. The summed E-state index contributed by atoms with van der Waals surface area (Å²) in [5, 5.41) is 11.1. The first-order valence-corrected chi connectivity index (χ1v) is 9.18. The van der Waals surface area contributed by atoms with E-state index in [1.54, 1.807) is 12.1 Å². The van der Waals surface area contributed by atoms with Gasteiger partial charge in [0.15, 0.2) is 0 Å². The Bertz CT molecular complexity index is 657. The van der Waals surface area contributed by atoms with Crippen LogP contribution in [-0.4, -0.2) is 43.7 Å². The van der Waals surface area contributed by atoms with Crippen LogP contribution in [0.3, 0.4) is 0 Å². The molecule has 1 amide bonds. The van der Waals surface area contributed by atoms with E-state index in [4.69, 9.17) is 0 Å². The topological polar surface area (TPSA) is 82.6 Å². The lowest BCUT2D eigenvalue weighted by Gasteiger charge is -2.38. The van der Waals surface area contributed by atoms with Crippen molar-refractivity contribution in [2.45, 2.75) is 49.9 Å². The largest absolute Gasteiger partial charge is 0.351 e. The Morgan fingerprint density at radius 3 is 2.64 bits per heavy atom. The van der Waals surface area contributed by atoms with E-state index >= 15 is 0 Å². The zero-order valence-electron chi connectivity index (χ0n) is 15.4. The average Bonchev–Trinajstić information content (AvgIpc) is 2.69. The Labute approximate surface area is 161 Å². The van der Waals surface area contributed by atoms with Crippen LogP contribution in [0.1, 0.15) is 30.7 Å². The standard InChI is InChI=1S/C19H25F3N4O2/c1-2-18(27)24-11-15-9-13(12-3-5-14(20)6-4-12)10-17(25-15)16(26-28)7-8-23-19(21)22/h2-6,13,15-17,19,23,25H,1,7-11H2,(H,24,27). The van der Waals surface area contributed by atoms with Crippen LogP contribution in [0.15, 0.2) is 42.1 Å². The minimum absolute atomic E-state index is 0.0183. The third kappa shape index (κ3) is 6.72. The quantitative estimate of drug-likeness (QED) is 0.322. The van der Waals surface area contributed by atoms with Crippen molar-refractivity contribution in [1.82, 2.24) is 16.0 Å². The number of carbonyl (C=O) groups is 1. The second-order valence-electron chi connectivity index (χ2n) is 6.86. The minimum atomic E-state index is -2.65. The summed E-state index contributed by atoms with van der Waals surface area (Å²) in [4.78, 5) is 22.8. The normalized spacial score (nSPS) is 23.2. The van der Waals surface area contributed by atoms with Crippen LogP contribution in [0.2, 0.25) is 0 Å². The fourth-order valence-electron chi connectivity index (χ4n) is 3.57. The number of piperidine rings is 1. The molecule has 1 heterocycles. The molecular weight excluding hydrogens is 373 g/mol. The molecule has 4 atom stereocenters. The number of nitrogens with one attached hydrogen (secondary N) is 3. The molecule has 6 nitrogen and oxygen atoms in total. The van der Waals surface area contributed by atoms with Crippen LogP contribution in [0.4, 0.5) is 13.2 Å². The molecule has 1 fully saturated rings. The Morgan fingerprint density at radius 2 is 2.04 bits per heavy atom. The number of carbonyl (C=O) groups excluding carboxylic acids is 1. The molecule has 1 aromatic carbocycles. The number of nitroso groups, excluding NO2 is 1. The molecule has 4 unspecified atom stereocenters. The molecule has 0 aromatic heterocycles. The van der Waals surface area contributed by atoms with Gasteiger partial charge in [0.2, 0.25) is 5.91 Å². The molecule has 0 saturated carbocycles. The van der Waals surface area contributed by atoms with Crippen molar-refractivity contribution < 1.29 is 18.0 Å². The van der Waals surface area contributed by atoms with Crippen molar-refractivity contribution in [3.8, 4) is 0 Å². The van der Waals surface area contributed by atoms with E-state index in [0.29, 0.717) is 19.4 Å². The highest BCUT2D eigenvalue weighted by atomic mass is 19.3. The number of hydrogen-bond donors (Lipinski definition) is 3. The molecule has 1 saturated heterocycles. The van der Waals surface area contributed by atoms with Gasteiger partial charge < -0.3 is 10.6 Å². The zero-order valence-corrected chi connectivity index (χ0v) is 15.4. The van der Waals surface area contributed by atoms with Gasteiger partial charge in [0.25, 0.3) is 6.55 Å². The summed E-state index contributed by atoms with van der Waals surface area (Å²) in [5.41, 5.74) is 0.920. The minimum Gasteiger partial charge on any atom is -0.351 e. The van der Waals surface area contributed by atoms with E-state index < -0.39 is 12.6 Å². The number of benzene rings is 1. The highest BCUT2D eigenvalue weighted by Gasteiger charge is 2.34. The van der Waals surface area contributed by atoms with Gasteiger partial charge in [0.05, 0.1) is 0 Å². The van der Waals surface area contributed by atoms with Gasteiger partial charge in [0.1, 0.15) is 11.9 Å². The Balaban J connectivity index is 2.10. The van der Waals surface area contributed by atoms with Crippen LogP contribution in [0.25, 0.3) is 0 Å². The van der Waals surface area contributed by atoms with Crippen molar-refractivity contribution in [2.75, 3.05) is 13.1 Å². The lowest BCUT2D eigenvalue weighted by molar-refractivity contribution is -0.116. The van der Waals surface area contributed by atoms with Gasteiger partial charge in [0, 0.05) is 25.2 Å². The van der Waals surface area contributed by atoms with Gasteiger partial charge in [-0.1, -0.05) is 23.9 Å². The first-order chi connectivity index (χ1) is 13.4. The first kappa shape index (κ1) is 22.0. The summed E-state index contributed by atoms with van der Waals surface area (Å²) in [6.45, 7) is 1.04. The third-order valence-corrected chi connectivity index (χ3v) is 4.95. The second kappa shape index (κ2) is 10.9. The summed E-state index contributed by atoms with van der Waals surface area (Å²) in [5.74, 6) is -0.632. The molecule has 28 heavy (non-hydrogen) atoms. The summed E-state index contributed by atoms with van der Waals surface area (Å²) >= 11 is 0. The maximum Gasteiger partial charge on any atom is 0.292 e. The van der Waals surface area contributed by atoms with Crippen molar-refractivity contribution in [3.63, 3.8) is 0 Å². The average molecular weight is 398 g/mol. The van der Waals surface area contributed by atoms with Gasteiger partial charge >= 0.3 is 0 Å². The molecule has 1 aromatic rings. The first-order valence-electron chi connectivity index (χ1n) is 9.18. The SMILES string of the molecule is C=CC(=O)NCC1CC(c2ccc(F)cc2)CC(C(CCNC(F)F)N=O)N1. The highest BCUT2D eigenvalue weighted by Crippen LogP contribution is 2.32. The Morgan fingerprint density at radius 1 is 1.32 bits per heavy atom. The van der Waals surface area contributed by atoms with Gasteiger partial charge in [-0.3, -0.25) is 10.1 Å². The summed E-state index contributed by atoms with van der Waals surface area (Å²) < 4.78 is 37.9. The molecule has 0 aliphatic carbocycles. The van der Waals surface area contributed by atoms with E-state index in [1.165, 1.54) is 18.2 Å². The number of alkyl halides is 2. The molecule has 0 spiro atoms. The fourth-order valence-corrected chi connectivity index (χ4v) is 3.57. The highest BCUT2D eigenvalue weighted by molar-refractivity contribution is 5.86. The number of amides is 1. The molecule has 2 rings (SSSR count). The number of hydrogen-bond acceptors (Lipinski definition) is 5. The van der Waals surface area contributed by atoms with Gasteiger partial charge in [-0.05, 0) is 49.0 Å². The Hall–Kier alpha value is -2.26. The number of halogens is 3. The molecule has 154 valence electrons. The van der Waals surface area contributed by atoms with Crippen molar-refractivity contribution >= 4 is 5.91 Å². The van der Waals surface area contributed by atoms with Gasteiger partial charge in [-0.15, -0.1) is 0 Å². The summed E-state index contributed by atoms with van der Waals surface area (Å²) in [6.07, 6.45) is 2.56. The van der Waals surface area contributed by atoms with E-state index in [1.807, 2.05) is 5.32 Å². The van der Waals surface area contributed by atoms with E-state index in [2.05, 4.69) is 22.4 Å². The maximum atomic E-state index is 13.2. The fraction of sp³-hybridized carbons (Fsp3) is 0.526. The van der Waals surface area contributed by atoms with E-state index in [9.17, 15) is 22.9 Å². The van der Waals surface area contributed by atoms with Crippen LogP contribution in [0.5, 0.6) is 0 Å². The summed E-state index contributed by atoms with van der Waals surface area (Å²) in [7, 11) is 0. The molecule has 1 aliphatic rings. The predicted molar refractivity (Wildman–Crippen MR) is 101 cm³/mol. The van der Waals surface area contributed by atoms with E-state index in [0.717, 1.165) is 5.56 Å². The maximum absolute atomic E-state index is 13.2. The van der Waals surface area contributed by atoms with Crippen molar-refractivity contribution in [1.29, 1.82) is 0 Å². The summed E-state index contributed by atoms with van der Waals surface area (Å²) in [6, 6.07) is 4.96. The molecule has 1 aliphatic heterocycles. The predicted octanol–water partition coefficient (Wildman–Crippen LogP) is 2.67. The monoisotopic (exact) mass is 398 g/mol. The van der Waals surface area contributed by atoms with Crippen LogP contribution in [0, 0.1) is 10.7 Å². The lowest BCUT2D eigenvalue weighted by atomic mass is 9.80. The van der Waals surface area contributed by atoms with Crippen molar-refractivity contribution in [2.24, 2.45) is 5.18 Å². The number of rotatable bonds is 10. The molecular formula is C19H25F3N4O2. The molecule has 3 N–H and O–H groups in total. The van der Waals surface area contributed by atoms with Crippen LogP contribution in [-0.2, 0) is 4.79 Å². The van der Waals surface area contributed by atoms with Crippen molar-refractivity contribution in [3.05, 3.63) is 53.2 Å². The van der Waals surface area contributed by atoms with Crippen LogP contribution < -0.4 is 16.0 Å². The molecule has 0 bridgehead atoms.